The Morgan fingerprint density at radius 1 is 0.969 bits per heavy atom. The first-order valence-corrected chi connectivity index (χ1v) is 13.5. The van der Waals surface area contributed by atoms with Gasteiger partial charge in [0.2, 0.25) is 0 Å². The second-order valence-electron chi connectivity index (χ2n) is 10.3. The molecule has 1 saturated carbocycles. The Labute approximate surface area is 197 Å². The summed E-state index contributed by atoms with van der Waals surface area (Å²) in [4.78, 5) is 11.6. The van der Waals surface area contributed by atoms with Gasteiger partial charge in [-0.3, -0.25) is 4.79 Å². The number of carboxylic acids is 1. The predicted octanol–water partition coefficient (Wildman–Crippen LogP) is 9.09. The molecule has 2 atom stereocenters. The second kappa shape index (κ2) is 15.3. The number of unbranched alkanes of at least 4 members (excludes halogenated alkanes) is 4. The minimum atomic E-state index is -0.630. The number of carboxylic acid groups (broad SMARTS) is 1. The molecule has 0 heterocycles. The van der Waals surface area contributed by atoms with Gasteiger partial charge in [-0.25, -0.2) is 0 Å². The monoisotopic (exact) mass is 440 g/mol. The normalized spacial score (nSPS) is 17.6. The van der Waals surface area contributed by atoms with E-state index < -0.39 is 5.97 Å². The number of rotatable bonds is 17. The van der Waals surface area contributed by atoms with Gasteiger partial charge in [0, 0.05) is 6.42 Å². The van der Waals surface area contributed by atoms with E-state index in [1.807, 2.05) is 0 Å². The molecule has 1 fully saturated rings. The average molecular weight is 441 g/mol. The van der Waals surface area contributed by atoms with Crippen LogP contribution in [-0.2, 0) is 10.2 Å². The molecule has 32 heavy (non-hydrogen) atoms. The highest BCUT2D eigenvalue weighted by Crippen LogP contribution is 2.47. The van der Waals surface area contributed by atoms with Crippen LogP contribution < -0.4 is 0 Å². The van der Waals surface area contributed by atoms with Crippen LogP contribution in [0.1, 0.15) is 122 Å². The quantitative estimate of drug-likeness (QED) is 0.194. The van der Waals surface area contributed by atoms with Crippen molar-refractivity contribution in [3.8, 4) is 0 Å². The van der Waals surface area contributed by atoms with E-state index in [0.717, 1.165) is 25.2 Å². The fourth-order valence-electron chi connectivity index (χ4n) is 5.81. The fraction of sp³-hybridized carbons (Fsp3) is 0.700. The minimum absolute atomic E-state index is 0.200. The lowest BCUT2D eigenvalue weighted by molar-refractivity contribution is -0.138. The smallest absolute Gasteiger partial charge is 0.303 e. The molecule has 0 radical (unpaired) electrons. The standard InChI is InChI=1S/C30H48O2/c1-3-5-6-7-8-9-11-17-26(4-2)18-16-19-27(24-29(31)32)25-30(22-14-15-23-30)28-20-12-10-13-21-28/h9-13,20-21,26-27H,3-8,14-19,22-25H2,1-2H3,(H,31,32)/t26-,27+/m0/s1. The van der Waals surface area contributed by atoms with Crippen molar-refractivity contribution in [1.82, 2.24) is 0 Å². The molecule has 0 aromatic heterocycles. The molecule has 1 aliphatic rings. The van der Waals surface area contributed by atoms with E-state index in [0.29, 0.717) is 6.42 Å². The van der Waals surface area contributed by atoms with Crippen molar-refractivity contribution in [1.29, 1.82) is 0 Å². The predicted molar refractivity (Wildman–Crippen MR) is 137 cm³/mol. The zero-order chi connectivity index (χ0) is 23.1. The van der Waals surface area contributed by atoms with E-state index in [1.54, 1.807) is 0 Å². The van der Waals surface area contributed by atoms with Crippen molar-refractivity contribution in [2.24, 2.45) is 11.8 Å². The molecular weight excluding hydrogens is 392 g/mol. The van der Waals surface area contributed by atoms with Crippen molar-refractivity contribution in [2.75, 3.05) is 0 Å². The molecule has 0 amide bonds. The molecule has 0 saturated heterocycles. The van der Waals surface area contributed by atoms with Crippen LogP contribution in [0.25, 0.3) is 0 Å². The Morgan fingerprint density at radius 3 is 2.34 bits per heavy atom. The van der Waals surface area contributed by atoms with E-state index in [-0.39, 0.29) is 11.3 Å². The SMILES string of the molecule is CCCCCCC=CC[C@H](CC)CCC[C@H](CC(=O)O)CC1(c2ccccc2)CCCC1. The van der Waals surface area contributed by atoms with Crippen LogP contribution in [0.5, 0.6) is 0 Å². The van der Waals surface area contributed by atoms with Crippen molar-refractivity contribution in [3.05, 3.63) is 48.0 Å². The highest BCUT2D eigenvalue weighted by atomic mass is 16.4. The van der Waals surface area contributed by atoms with Crippen LogP contribution in [-0.4, -0.2) is 11.1 Å². The highest BCUT2D eigenvalue weighted by Gasteiger charge is 2.37. The molecular formula is C30H48O2. The molecule has 0 spiro atoms. The van der Waals surface area contributed by atoms with E-state index in [4.69, 9.17) is 0 Å². The number of hydrogen-bond acceptors (Lipinski definition) is 1. The van der Waals surface area contributed by atoms with Crippen molar-refractivity contribution in [3.63, 3.8) is 0 Å². The van der Waals surface area contributed by atoms with Crippen LogP contribution in [0, 0.1) is 11.8 Å². The summed E-state index contributed by atoms with van der Waals surface area (Å²) in [6.07, 6.45) is 23.5. The van der Waals surface area contributed by atoms with E-state index in [1.165, 1.54) is 82.6 Å². The Balaban J connectivity index is 1.85. The molecule has 0 bridgehead atoms. The van der Waals surface area contributed by atoms with Crippen molar-refractivity contribution in [2.45, 2.75) is 122 Å². The average Bonchev–Trinajstić information content (AvgIpc) is 3.27. The van der Waals surface area contributed by atoms with Crippen LogP contribution in [0.2, 0.25) is 0 Å². The van der Waals surface area contributed by atoms with E-state index in [2.05, 4.69) is 56.3 Å². The summed E-state index contributed by atoms with van der Waals surface area (Å²) in [5.41, 5.74) is 1.63. The van der Waals surface area contributed by atoms with E-state index >= 15 is 0 Å². The van der Waals surface area contributed by atoms with E-state index in [9.17, 15) is 9.90 Å². The van der Waals surface area contributed by atoms with Crippen molar-refractivity contribution >= 4 is 5.97 Å². The van der Waals surface area contributed by atoms with Gasteiger partial charge in [0.15, 0.2) is 0 Å². The van der Waals surface area contributed by atoms with Gasteiger partial charge in [-0.15, -0.1) is 0 Å². The Kier molecular flexibility index (Phi) is 12.8. The van der Waals surface area contributed by atoms with Crippen LogP contribution in [0.15, 0.2) is 42.5 Å². The first kappa shape index (κ1) is 26.7. The number of carbonyl (C=O) groups is 1. The third-order valence-corrected chi connectivity index (χ3v) is 7.75. The highest BCUT2D eigenvalue weighted by molar-refractivity contribution is 5.67. The third-order valence-electron chi connectivity index (χ3n) is 7.75. The Hall–Kier alpha value is -1.57. The number of hydrogen-bond donors (Lipinski definition) is 1. The lowest BCUT2D eigenvalue weighted by Gasteiger charge is -2.34. The van der Waals surface area contributed by atoms with Crippen molar-refractivity contribution < 1.29 is 9.90 Å². The second-order valence-corrected chi connectivity index (χ2v) is 10.3. The van der Waals surface area contributed by atoms with Gasteiger partial charge in [0.25, 0.3) is 0 Å². The third kappa shape index (κ3) is 9.51. The van der Waals surface area contributed by atoms with Gasteiger partial charge >= 0.3 is 5.97 Å². The molecule has 1 aromatic rings. The van der Waals surface area contributed by atoms with Gasteiger partial charge in [0.05, 0.1) is 0 Å². The first-order chi connectivity index (χ1) is 15.6. The summed E-state index contributed by atoms with van der Waals surface area (Å²) in [5.74, 6) is 0.397. The summed E-state index contributed by atoms with van der Waals surface area (Å²) in [5, 5.41) is 9.58. The molecule has 1 N–H and O–H groups in total. The maximum Gasteiger partial charge on any atom is 0.303 e. The zero-order valence-electron chi connectivity index (χ0n) is 20.9. The minimum Gasteiger partial charge on any atom is -0.481 e. The summed E-state index contributed by atoms with van der Waals surface area (Å²) < 4.78 is 0. The topological polar surface area (TPSA) is 37.3 Å². The maximum atomic E-state index is 11.6. The summed E-state index contributed by atoms with van der Waals surface area (Å²) >= 11 is 0. The molecule has 1 aliphatic carbocycles. The summed E-state index contributed by atoms with van der Waals surface area (Å²) in [6.45, 7) is 4.56. The summed E-state index contributed by atoms with van der Waals surface area (Å²) in [6, 6.07) is 10.9. The molecule has 2 rings (SSSR count). The largest absolute Gasteiger partial charge is 0.481 e. The molecule has 2 nitrogen and oxygen atoms in total. The lowest BCUT2D eigenvalue weighted by Crippen LogP contribution is -2.27. The van der Waals surface area contributed by atoms with Gasteiger partial charge in [-0.2, -0.15) is 0 Å². The van der Waals surface area contributed by atoms with Gasteiger partial charge in [0.1, 0.15) is 0 Å². The number of benzene rings is 1. The van der Waals surface area contributed by atoms with Gasteiger partial charge in [-0.05, 0) is 67.8 Å². The number of aliphatic carboxylic acids is 1. The lowest BCUT2D eigenvalue weighted by atomic mass is 9.71. The molecule has 1 aromatic carbocycles. The zero-order valence-corrected chi connectivity index (χ0v) is 20.9. The Bertz CT molecular complexity index is 642. The molecule has 180 valence electrons. The van der Waals surface area contributed by atoms with Gasteiger partial charge < -0.3 is 5.11 Å². The first-order valence-electron chi connectivity index (χ1n) is 13.5. The molecule has 2 heteroatoms. The van der Waals surface area contributed by atoms with Crippen LogP contribution >= 0.6 is 0 Å². The molecule has 0 unspecified atom stereocenters. The fourth-order valence-corrected chi connectivity index (χ4v) is 5.81. The molecule has 0 aliphatic heterocycles. The number of allylic oxidation sites excluding steroid dienone is 2. The van der Waals surface area contributed by atoms with Crippen LogP contribution in [0.4, 0.5) is 0 Å². The maximum absolute atomic E-state index is 11.6. The summed E-state index contributed by atoms with van der Waals surface area (Å²) in [7, 11) is 0. The Morgan fingerprint density at radius 2 is 1.69 bits per heavy atom. The van der Waals surface area contributed by atoms with Crippen LogP contribution in [0.3, 0.4) is 0 Å². The van der Waals surface area contributed by atoms with Gasteiger partial charge in [-0.1, -0.05) is 108 Å².